The predicted molar refractivity (Wildman–Crippen MR) is 93.0 cm³/mol. The Morgan fingerprint density at radius 2 is 2.04 bits per heavy atom. The van der Waals surface area contributed by atoms with Crippen LogP contribution in [0.25, 0.3) is 0 Å². The molecule has 136 valence electrons. The minimum Gasteiger partial charge on any atom is -0.484 e. The number of carbonyl (C=O) groups is 2. The van der Waals surface area contributed by atoms with E-state index in [9.17, 15) is 9.59 Å². The van der Waals surface area contributed by atoms with Gasteiger partial charge in [0.1, 0.15) is 5.75 Å². The van der Waals surface area contributed by atoms with E-state index in [0.717, 1.165) is 12.8 Å². The normalized spacial score (nSPS) is 27.6. The van der Waals surface area contributed by atoms with E-state index in [-0.39, 0.29) is 30.6 Å². The Morgan fingerprint density at radius 3 is 2.72 bits per heavy atom. The molecule has 0 bridgehead atoms. The van der Waals surface area contributed by atoms with Crippen LogP contribution in [-0.2, 0) is 14.3 Å². The third kappa shape index (κ3) is 3.63. The van der Waals surface area contributed by atoms with Gasteiger partial charge in [-0.1, -0.05) is 18.2 Å². The summed E-state index contributed by atoms with van der Waals surface area (Å²) in [6.45, 7) is 4.63. The van der Waals surface area contributed by atoms with Crippen LogP contribution in [0.15, 0.2) is 30.3 Å². The second-order valence-corrected chi connectivity index (χ2v) is 7.57. The summed E-state index contributed by atoms with van der Waals surface area (Å²) in [7, 11) is 0. The largest absolute Gasteiger partial charge is 0.484 e. The first-order chi connectivity index (χ1) is 11.8. The number of rotatable bonds is 5. The molecule has 0 saturated carbocycles. The van der Waals surface area contributed by atoms with Crippen LogP contribution < -0.4 is 10.5 Å². The van der Waals surface area contributed by atoms with Gasteiger partial charge in [-0.3, -0.25) is 9.59 Å². The molecule has 2 N–H and O–H groups in total. The van der Waals surface area contributed by atoms with Crippen LogP contribution >= 0.6 is 0 Å². The Kier molecular flexibility index (Phi) is 4.73. The first kappa shape index (κ1) is 17.7. The summed E-state index contributed by atoms with van der Waals surface area (Å²) in [4.78, 5) is 26.2. The van der Waals surface area contributed by atoms with Crippen molar-refractivity contribution in [1.82, 2.24) is 4.90 Å². The van der Waals surface area contributed by atoms with E-state index in [4.69, 9.17) is 15.2 Å². The summed E-state index contributed by atoms with van der Waals surface area (Å²) in [5.41, 5.74) is 4.57. The molecule has 3 rings (SSSR count). The Hall–Kier alpha value is -2.08. The SMILES string of the molecule is CC1(C)C[C@]2(CCCN2C(=O)COc2ccccc2)[C@H](CC(N)=O)O1. The maximum absolute atomic E-state index is 12.9. The molecule has 0 radical (unpaired) electrons. The molecular formula is C19H26N2O4. The zero-order chi connectivity index (χ0) is 18.1. The van der Waals surface area contributed by atoms with E-state index in [1.165, 1.54) is 0 Å². The number of nitrogens with zero attached hydrogens (tertiary/aromatic N) is 1. The maximum atomic E-state index is 12.9. The molecule has 2 saturated heterocycles. The molecule has 1 spiro atoms. The number of carbonyl (C=O) groups excluding carboxylic acids is 2. The second-order valence-electron chi connectivity index (χ2n) is 7.57. The van der Waals surface area contributed by atoms with Crippen molar-refractivity contribution in [3.63, 3.8) is 0 Å². The minimum atomic E-state index is -0.463. The van der Waals surface area contributed by atoms with Gasteiger partial charge in [0.05, 0.1) is 23.7 Å². The lowest BCUT2D eigenvalue weighted by atomic mass is 9.82. The van der Waals surface area contributed by atoms with Gasteiger partial charge in [0, 0.05) is 13.0 Å². The fourth-order valence-corrected chi connectivity index (χ4v) is 4.33. The van der Waals surface area contributed by atoms with Gasteiger partial charge in [-0.25, -0.2) is 0 Å². The van der Waals surface area contributed by atoms with Crippen molar-refractivity contribution in [1.29, 1.82) is 0 Å². The summed E-state index contributed by atoms with van der Waals surface area (Å²) < 4.78 is 11.7. The van der Waals surface area contributed by atoms with Crippen molar-refractivity contribution < 1.29 is 19.1 Å². The molecule has 6 nitrogen and oxygen atoms in total. The third-order valence-electron chi connectivity index (χ3n) is 5.11. The Labute approximate surface area is 148 Å². The predicted octanol–water partition coefficient (Wildman–Crippen LogP) is 1.87. The van der Waals surface area contributed by atoms with Gasteiger partial charge in [0.2, 0.25) is 5.91 Å². The standard InChI is InChI=1S/C19H26N2O4/c1-18(2)13-19(15(25-18)11-16(20)22)9-6-10-21(19)17(23)12-24-14-7-4-3-5-8-14/h3-5,7-8,15H,6,9-13H2,1-2H3,(H2,20,22)/t15-,19+/m0/s1. The topological polar surface area (TPSA) is 81.9 Å². The molecule has 2 aliphatic heterocycles. The van der Waals surface area contributed by atoms with Gasteiger partial charge in [0.25, 0.3) is 5.91 Å². The smallest absolute Gasteiger partial charge is 0.261 e. The molecule has 2 fully saturated rings. The Morgan fingerprint density at radius 1 is 1.32 bits per heavy atom. The number of ether oxygens (including phenoxy) is 2. The van der Waals surface area contributed by atoms with Crippen LogP contribution in [0.4, 0.5) is 0 Å². The molecule has 6 heteroatoms. The lowest BCUT2D eigenvalue weighted by Crippen LogP contribution is -2.54. The van der Waals surface area contributed by atoms with E-state index in [2.05, 4.69) is 0 Å². The molecule has 1 aromatic rings. The van der Waals surface area contributed by atoms with Crippen molar-refractivity contribution >= 4 is 11.8 Å². The highest BCUT2D eigenvalue weighted by Gasteiger charge is 2.58. The lowest BCUT2D eigenvalue weighted by molar-refractivity contribution is -0.141. The number of nitrogens with two attached hydrogens (primary N) is 1. The average Bonchev–Trinajstić information content (AvgIpc) is 3.06. The lowest BCUT2D eigenvalue weighted by Gasteiger charge is -2.38. The van der Waals surface area contributed by atoms with Crippen LogP contribution in [0.5, 0.6) is 5.75 Å². The van der Waals surface area contributed by atoms with E-state index < -0.39 is 11.4 Å². The fourth-order valence-electron chi connectivity index (χ4n) is 4.33. The molecule has 2 atom stereocenters. The fraction of sp³-hybridized carbons (Fsp3) is 0.579. The minimum absolute atomic E-state index is 0.0184. The van der Waals surface area contributed by atoms with E-state index in [0.29, 0.717) is 18.7 Å². The van der Waals surface area contributed by atoms with Crippen molar-refractivity contribution in [2.24, 2.45) is 5.73 Å². The molecule has 2 heterocycles. The number of primary amides is 1. The van der Waals surface area contributed by atoms with Crippen molar-refractivity contribution in [2.45, 2.75) is 56.8 Å². The van der Waals surface area contributed by atoms with E-state index >= 15 is 0 Å². The zero-order valence-electron chi connectivity index (χ0n) is 14.9. The van der Waals surface area contributed by atoms with Crippen LogP contribution in [0, 0.1) is 0 Å². The number of hydrogen-bond acceptors (Lipinski definition) is 4. The van der Waals surface area contributed by atoms with E-state index in [1.54, 1.807) is 0 Å². The van der Waals surface area contributed by atoms with Crippen LogP contribution in [0.1, 0.15) is 39.5 Å². The Balaban J connectivity index is 1.75. The highest BCUT2D eigenvalue weighted by atomic mass is 16.5. The molecular weight excluding hydrogens is 320 g/mol. The van der Waals surface area contributed by atoms with Crippen LogP contribution in [0.3, 0.4) is 0 Å². The van der Waals surface area contributed by atoms with Gasteiger partial charge >= 0.3 is 0 Å². The highest BCUT2D eigenvalue weighted by molar-refractivity contribution is 5.80. The van der Waals surface area contributed by atoms with Crippen LogP contribution in [0.2, 0.25) is 0 Å². The quantitative estimate of drug-likeness (QED) is 0.882. The maximum Gasteiger partial charge on any atom is 0.261 e. The average molecular weight is 346 g/mol. The summed E-state index contributed by atoms with van der Waals surface area (Å²) >= 11 is 0. The van der Waals surface area contributed by atoms with Crippen molar-refractivity contribution in [3.05, 3.63) is 30.3 Å². The Bertz CT molecular complexity index is 646. The summed E-state index contributed by atoms with van der Waals surface area (Å²) in [5, 5.41) is 0. The monoisotopic (exact) mass is 346 g/mol. The number of benzene rings is 1. The van der Waals surface area contributed by atoms with Gasteiger partial charge < -0.3 is 20.1 Å². The van der Waals surface area contributed by atoms with Gasteiger partial charge in [0.15, 0.2) is 6.61 Å². The number of hydrogen-bond donors (Lipinski definition) is 1. The van der Waals surface area contributed by atoms with Gasteiger partial charge in [-0.05, 0) is 38.8 Å². The number of likely N-dealkylation sites (tertiary alicyclic amines) is 1. The first-order valence-electron chi connectivity index (χ1n) is 8.77. The third-order valence-corrected chi connectivity index (χ3v) is 5.11. The molecule has 0 unspecified atom stereocenters. The first-order valence-corrected chi connectivity index (χ1v) is 8.77. The number of para-hydroxylation sites is 1. The van der Waals surface area contributed by atoms with Crippen LogP contribution in [-0.4, -0.2) is 47.1 Å². The summed E-state index contributed by atoms with van der Waals surface area (Å²) in [6, 6.07) is 9.28. The van der Waals surface area contributed by atoms with E-state index in [1.807, 2.05) is 49.1 Å². The molecule has 2 aliphatic rings. The molecule has 1 aromatic carbocycles. The molecule has 25 heavy (non-hydrogen) atoms. The van der Waals surface area contributed by atoms with Crippen molar-refractivity contribution in [3.8, 4) is 5.75 Å². The molecule has 2 amide bonds. The van der Waals surface area contributed by atoms with Gasteiger partial charge in [-0.2, -0.15) is 0 Å². The zero-order valence-corrected chi connectivity index (χ0v) is 14.9. The molecule has 0 aromatic heterocycles. The highest BCUT2D eigenvalue weighted by Crippen LogP contribution is 2.48. The van der Waals surface area contributed by atoms with Gasteiger partial charge in [-0.15, -0.1) is 0 Å². The number of amides is 2. The molecule has 0 aliphatic carbocycles. The summed E-state index contributed by atoms with van der Waals surface area (Å²) in [6.07, 6.45) is 2.20. The summed E-state index contributed by atoms with van der Waals surface area (Å²) in [5.74, 6) is 0.194. The van der Waals surface area contributed by atoms with Crippen molar-refractivity contribution in [2.75, 3.05) is 13.2 Å². The second kappa shape index (κ2) is 6.67.